The molecule has 0 saturated carbocycles. The summed E-state index contributed by atoms with van der Waals surface area (Å²) in [5.74, 6) is 1.93. The minimum Gasteiger partial charge on any atom is -0.489 e. The summed E-state index contributed by atoms with van der Waals surface area (Å²) in [6, 6.07) is 28.8. The molecule has 1 aliphatic heterocycles. The van der Waals surface area contributed by atoms with Crippen LogP contribution in [0.5, 0.6) is 23.1 Å². The zero-order chi connectivity index (χ0) is 37.2. The predicted octanol–water partition coefficient (Wildman–Crippen LogP) is 10.2. The largest absolute Gasteiger partial charge is 0.489 e. The SMILES string of the molecule is CCCc1ccc(OCc2ccc(CN3CCN(C(=O)/C=C/c4cc(C)c(Oc5ccc(OCc6ccc(C)cc6)cn5)c(Cl)c4)CC3)cc2F)cc1.Cl. The molecule has 4 aromatic carbocycles. The van der Waals surface area contributed by atoms with E-state index < -0.39 is 0 Å². The third kappa shape index (κ3) is 11.3. The van der Waals surface area contributed by atoms with E-state index in [1.165, 1.54) is 11.1 Å². The summed E-state index contributed by atoms with van der Waals surface area (Å²) in [4.78, 5) is 21.5. The Morgan fingerprint density at radius 2 is 1.52 bits per heavy atom. The molecule has 0 radical (unpaired) electrons. The molecule has 1 saturated heterocycles. The first-order valence-corrected chi connectivity index (χ1v) is 18.4. The number of hydrogen-bond acceptors (Lipinski definition) is 6. The molecule has 1 amide bonds. The highest BCUT2D eigenvalue weighted by atomic mass is 35.5. The number of halogens is 3. The number of hydrogen-bond donors (Lipinski definition) is 0. The van der Waals surface area contributed by atoms with Gasteiger partial charge < -0.3 is 19.1 Å². The minimum absolute atomic E-state index is 0. The molecule has 1 fully saturated rings. The Hall–Kier alpha value is -4.89. The van der Waals surface area contributed by atoms with Crippen molar-refractivity contribution in [3.8, 4) is 23.1 Å². The van der Waals surface area contributed by atoms with Crippen molar-refractivity contribution in [1.29, 1.82) is 0 Å². The molecule has 6 rings (SSSR count). The topological polar surface area (TPSA) is 64.1 Å². The maximum Gasteiger partial charge on any atom is 0.246 e. The number of rotatable bonds is 14. The van der Waals surface area contributed by atoms with Gasteiger partial charge in [-0.25, -0.2) is 9.37 Å². The number of aryl methyl sites for hydroxylation is 3. The third-order valence-corrected chi connectivity index (χ3v) is 9.46. The van der Waals surface area contributed by atoms with E-state index in [-0.39, 0.29) is 30.7 Å². The molecule has 2 heterocycles. The number of carbonyl (C=O) groups is 1. The maximum atomic E-state index is 14.9. The average Bonchev–Trinajstić information content (AvgIpc) is 3.16. The Kier molecular flexibility index (Phi) is 14.5. The first kappa shape index (κ1) is 40.3. The highest BCUT2D eigenvalue weighted by Gasteiger charge is 2.20. The fraction of sp³-hybridized carbons (Fsp3) is 0.273. The lowest BCUT2D eigenvalue weighted by Crippen LogP contribution is -2.47. The lowest BCUT2D eigenvalue weighted by Gasteiger charge is -2.34. The number of amides is 1. The Morgan fingerprint density at radius 3 is 2.19 bits per heavy atom. The van der Waals surface area contributed by atoms with Gasteiger partial charge in [-0.15, -0.1) is 12.4 Å². The minimum atomic E-state index is -0.274. The van der Waals surface area contributed by atoms with Crippen LogP contribution in [0.15, 0.2) is 103 Å². The van der Waals surface area contributed by atoms with E-state index >= 15 is 0 Å². The highest BCUT2D eigenvalue weighted by Crippen LogP contribution is 2.34. The highest BCUT2D eigenvalue weighted by molar-refractivity contribution is 6.32. The van der Waals surface area contributed by atoms with Gasteiger partial charge in [0, 0.05) is 50.4 Å². The average molecular weight is 771 g/mol. The second-order valence-corrected chi connectivity index (χ2v) is 13.8. The second-order valence-electron chi connectivity index (χ2n) is 13.4. The zero-order valence-electron chi connectivity index (χ0n) is 30.9. The molecule has 10 heteroatoms. The number of piperazine rings is 1. The summed E-state index contributed by atoms with van der Waals surface area (Å²) in [7, 11) is 0. The first-order chi connectivity index (χ1) is 25.7. The van der Waals surface area contributed by atoms with Crippen LogP contribution in [0.1, 0.15) is 52.3 Å². The van der Waals surface area contributed by atoms with E-state index in [0.717, 1.165) is 40.8 Å². The van der Waals surface area contributed by atoms with Gasteiger partial charge in [0.15, 0.2) is 5.75 Å². The molecule has 1 aliphatic rings. The van der Waals surface area contributed by atoms with Crippen molar-refractivity contribution >= 4 is 36.0 Å². The molecule has 5 aromatic rings. The smallest absolute Gasteiger partial charge is 0.246 e. The van der Waals surface area contributed by atoms with Crippen LogP contribution in [0.3, 0.4) is 0 Å². The predicted molar refractivity (Wildman–Crippen MR) is 215 cm³/mol. The molecule has 7 nitrogen and oxygen atoms in total. The van der Waals surface area contributed by atoms with Crippen LogP contribution >= 0.6 is 24.0 Å². The lowest BCUT2D eigenvalue weighted by molar-refractivity contribution is -0.127. The van der Waals surface area contributed by atoms with Crippen LogP contribution in [-0.4, -0.2) is 46.9 Å². The number of ether oxygens (including phenoxy) is 3. The Morgan fingerprint density at radius 1 is 0.833 bits per heavy atom. The quantitative estimate of drug-likeness (QED) is 0.105. The molecule has 282 valence electrons. The second kappa shape index (κ2) is 19.4. The molecular weight excluding hydrogens is 724 g/mol. The summed E-state index contributed by atoms with van der Waals surface area (Å²) >= 11 is 6.62. The first-order valence-electron chi connectivity index (χ1n) is 18.0. The third-order valence-electron chi connectivity index (χ3n) is 9.18. The van der Waals surface area contributed by atoms with Gasteiger partial charge in [0.1, 0.15) is 30.5 Å². The fourth-order valence-corrected chi connectivity index (χ4v) is 6.43. The summed E-state index contributed by atoms with van der Waals surface area (Å²) in [5, 5.41) is 0.418. The van der Waals surface area contributed by atoms with Crippen molar-refractivity contribution in [3.05, 3.63) is 153 Å². The van der Waals surface area contributed by atoms with E-state index in [1.54, 1.807) is 42.6 Å². The summed E-state index contributed by atoms with van der Waals surface area (Å²) in [6.45, 7) is 9.92. The van der Waals surface area contributed by atoms with E-state index in [0.29, 0.717) is 67.3 Å². The van der Waals surface area contributed by atoms with Crippen LogP contribution < -0.4 is 14.2 Å². The van der Waals surface area contributed by atoms with Crippen LogP contribution in [0.25, 0.3) is 6.08 Å². The monoisotopic (exact) mass is 769 g/mol. The number of pyridine rings is 1. The van der Waals surface area contributed by atoms with Crippen molar-refractivity contribution in [3.63, 3.8) is 0 Å². The van der Waals surface area contributed by atoms with Crippen molar-refractivity contribution in [2.24, 2.45) is 0 Å². The van der Waals surface area contributed by atoms with Gasteiger partial charge in [-0.3, -0.25) is 9.69 Å². The molecule has 0 bridgehead atoms. The van der Waals surface area contributed by atoms with Gasteiger partial charge >= 0.3 is 0 Å². The summed E-state index contributed by atoms with van der Waals surface area (Å²) in [5.41, 5.74) is 6.57. The van der Waals surface area contributed by atoms with E-state index in [1.807, 2.05) is 54.3 Å². The number of benzene rings is 4. The van der Waals surface area contributed by atoms with Gasteiger partial charge in [0.25, 0.3) is 0 Å². The number of carbonyl (C=O) groups excluding carboxylic acids is 1. The summed E-state index contributed by atoms with van der Waals surface area (Å²) in [6.07, 6.45) is 7.09. The maximum absolute atomic E-state index is 14.9. The zero-order valence-corrected chi connectivity index (χ0v) is 32.5. The van der Waals surface area contributed by atoms with Crippen LogP contribution in [0.4, 0.5) is 4.39 Å². The van der Waals surface area contributed by atoms with Crippen molar-refractivity contribution < 1.29 is 23.4 Å². The lowest BCUT2D eigenvalue weighted by atomic mass is 10.1. The molecule has 0 spiro atoms. The van der Waals surface area contributed by atoms with Crippen LogP contribution in [-0.2, 0) is 31.0 Å². The normalized spacial score (nSPS) is 13.1. The van der Waals surface area contributed by atoms with Crippen LogP contribution in [0.2, 0.25) is 5.02 Å². The Labute approximate surface area is 328 Å². The van der Waals surface area contributed by atoms with Crippen molar-refractivity contribution in [1.82, 2.24) is 14.8 Å². The van der Waals surface area contributed by atoms with Gasteiger partial charge in [-0.2, -0.15) is 0 Å². The number of nitrogens with zero attached hydrogens (tertiary/aromatic N) is 3. The van der Waals surface area contributed by atoms with Gasteiger partial charge in [0.05, 0.1) is 11.2 Å². The Balaban J connectivity index is 0.00000561. The van der Waals surface area contributed by atoms with E-state index in [2.05, 4.69) is 48.0 Å². The standard InChI is InChI=1S/C44H45ClFN3O4.ClH/c1-4-5-33-11-15-38(16-12-33)52-30-37-14-10-36(26-41(37)46)28-48-20-22-49(23-21-48)43(50)19-13-35-24-32(3)44(40(45)25-35)53-42-18-17-39(27-47-42)51-29-34-8-6-31(2)7-9-34;/h6-19,24-27H,4-5,20-23,28-30H2,1-3H3;1H/b19-13+;. The molecule has 1 aromatic heterocycles. The fourth-order valence-electron chi connectivity index (χ4n) is 6.12. The molecule has 0 N–H and O–H groups in total. The van der Waals surface area contributed by atoms with Crippen molar-refractivity contribution in [2.45, 2.75) is 53.4 Å². The van der Waals surface area contributed by atoms with Gasteiger partial charge in [-0.05, 0) is 90.6 Å². The van der Waals surface area contributed by atoms with Gasteiger partial charge in [-0.1, -0.05) is 79.0 Å². The summed E-state index contributed by atoms with van der Waals surface area (Å²) < 4.78 is 32.6. The molecular formula is C44H46Cl2FN3O4. The van der Waals surface area contributed by atoms with Crippen LogP contribution in [0, 0.1) is 19.7 Å². The number of aromatic nitrogens is 1. The Bertz CT molecular complexity index is 1990. The van der Waals surface area contributed by atoms with E-state index in [9.17, 15) is 9.18 Å². The molecule has 0 aliphatic carbocycles. The molecule has 0 atom stereocenters. The molecule has 54 heavy (non-hydrogen) atoms. The van der Waals surface area contributed by atoms with E-state index in [4.69, 9.17) is 25.8 Å². The van der Waals surface area contributed by atoms with Gasteiger partial charge in [0.2, 0.25) is 11.8 Å². The molecule has 0 unspecified atom stereocenters. The van der Waals surface area contributed by atoms with Crippen molar-refractivity contribution in [2.75, 3.05) is 26.2 Å².